The zero-order valence-corrected chi connectivity index (χ0v) is 23.8. The van der Waals surface area contributed by atoms with E-state index in [2.05, 4.69) is 25.9 Å². The highest BCUT2D eigenvalue weighted by Crippen LogP contribution is 2.19. The summed E-state index contributed by atoms with van der Waals surface area (Å²) < 4.78 is 0. The van der Waals surface area contributed by atoms with Gasteiger partial charge in [0.15, 0.2) is 5.96 Å². The highest BCUT2D eigenvalue weighted by atomic mass is 16.4. The summed E-state index contributed by atoms with van der Waals surface area (Å²) in [4.78, 5) is 69.4. The number of carbonyl (C=O) groups is 5. The molecule has 0 bridgehead atoms. The predicted molar refractivity (Wildman–Crippen MR) is 157 cm³/mol. The number of carbonyl (C=O) groups excluding carboxylic acids is 4. The topological polar surface area (TPSA) is 274 Å². The van der Waals surface area contributed by atoms with E-state index in [-0.39, 0.29) is 38.2 Å². The van der Waals surface area contributed by atoms with Gasteiger partial charge in [0.2, 0.25) is 23.6 Å². The van der Waals surface area contributed by atoms with Crippen LogP contribution < -0.4 is 38.9 Å². The lowest BCUT2D eigenvalue weighted by Gasteiger charge is -2.27. The molecular formula is C27H41N9O6. The smallest absolute Gasteiger partial charge is 0.326 e. The SMILES string of the molecule is CC(C)C(NC(=O)C(Cc1c[nH]c2ccccc12)NC(=O)C(N)CCCN=C(N)N)C(=O)NC(CCC(N)=O)C(=O)O. The number of nitrogens with one attached hydrogen (secondary N) is 4. The zero-order chi connectivity index (χ0) is 31.4. The van der Waals surface area contributed by atoms with Crippen LogP contribution in [-0.2, 0) is 30.4 Å². The van der Waals surface area contributed by atoms with Crippen molar-refractivity contribution in [2.24, 2.45) is 33.8 Å². The van der Waals surface area contributed by atoms with Crippen LogP contribution in [0.3, 0.4) is 0 Å². The van der Waals surface area contributed by atoms with Crippen LogP contribution in [0.15, 0.2) is 35.5 Å². The van der Waals surface area contributed by atoms with Crippen LogP contribution in [0.25, 0.3) is 10.9 Å². The quantitative estimate of drug-likeness (QED) is 0.0594. The molecule has 4 atom stereocenters. The van der Waals surface area contributed by atoms with Crippen LogP contribution in [-0.4, -0.2) is 76.4 Å². The first-order valence-corrected chi connectivity index (χ1v) is 13.6. The molecule has 0 spiro atoms. The Morgan fingerprint density at radius 2 is 1.60 bits per heavy atom. The number of hydrogen-bond acceptors (Lipinski definition) is 7. The maximum absolute atomic E-state index is 13.6. The van der Waals surface area contributed by atoms with Gasteiger partial charge >= 0.3 is 5.97 Å². The first-order chi connectivity index (χ1) is 19.8. The molecule has 13 N–H and O–H groups in total. The van der Waals surface area contributed by atoms with E-state index in [0.29, 0.717) is 6.42 Å². The Labute approximate surface area is 243 Å². The molecule has 0 fully saturated rings. The minimum atomic E-state index is -1.39. The van der Waals surface area contributed by atoms with E-state index in [1.165, 1.54) is 0 Å². The Morgan fingerprint density at radius 3 is 2.21 bits per heavy atom. The van der Waals surface area contributed by atoms with Gasteiger partial charge in [-0.15, -0.1) is 0 Å². The predicted octanol–water partition coefficient (Wildman–Crippen LogP) is -1.45. The number of fused-ring (bicyclic) bond motifs is 1. The molecule has 4 unspecified atom stereocenters. The second-order valence-corrected chi connectivity index (χ2v) is 10.3. The molecule has 0 saturated carbocycles. The average Bonchev–Trinajstić information content (AvgIpc) is 3.33. The van der Waals surface area contributed by atoms with Crippen LogP contribution in [0.5, 0.6) is 0 Å². The lowest BCUT2D eigenvalue weighted by Crippen LogP contribution is -2.59. The molecule has 2 aromatic rings. The fraction of sp³-hybridized carbons (Fsp3) is 0.481. The van der Waals surface area contributed by atoms with Crippen molar-refractivity contribution < 1.29 is 29.1 Å². The van der Waals surface area contributed by atoms with Crippen LogP contribution in [0, 0.1) is 5.92 Å². The van der Waals surface area contributed by atoms with E-state index in [1.807, 2.05) is 24.3 Å². The van der Waals surface area contributed by atoms with Crippen molar-refractivity contribution >= 4 is 46.5 Å². The number of nitrogens with two attached hydrogens (primary N) is 4. The minimum Gasteiger partial charge on any atom is -0.480 e. The maximum atomic E-state index is 13.6. The van der Waals surface area contributed by atoms with Crippen molar-refractivity contribution in [2.75, 3.05) is 6.54 Å². The first kappa shape index (κ1) is 33.5. The highest BCUT2D eigenvalue weighted by Gasteiger charge is 2.32. The van der Waals surface area contributed by atoms with E-state index in [0.717, 1.165) is 16.5 Å². The Balaban J connectivity index is 2.24. The third kappa shape index (κ3) is 10.4. The van der Waals surface area contributed by atoms with Gasteiger partial charge in [-0.3, -0.25) is 24.2 Å². The fourth-order valence-corrected chi connectivity index (χ4v) is 4.25. The third-order valence-corrected chi connectivity index (χ3v) is 6.58. The minimum absolute atomic E-state index is 0.0743. The highest BCUT2D eigenvalue weighted by molar-refractivity contribution is 5.95. The molecule has 1 heterocycles. The molecule has 0 saturated heterocycles. The summed E-state index contributed by atoms with van der Waals surface area (Å²) in [6.07, 6.45) is 2.03. The van der Waals surface area contributed by atoms with Crippen molar-refractivity contribution in [3.8, 4) is 0 Å². The number of aliphatic carboxylic acids is 1. The van der Waals surface area contributed by atoms with Crippen molar-refractivity contribution in [1.29, 1.82) is 0 Å². The number of aromatic nitrogens is 1. The van der Waals surface area contributed by atoms with Crippen LogP contribution >= 0.6 is 0 Å². The molecule has 42 heavy (non-hydrogen) atoms. The Morgan fingerprint density at radius 1 is 0.929 bits per heavy atom. The van der Waals surface area contributed by atoms with Gasteiger partial charge < -0.3 is 49.0 Å². The van der Waals surface area contributed by atoms with Crippen molar-refractivity contribution in [3.63, 3.8) is 0 Å². The number of carboxylic acid groups (broad SMARTS) is 1. The summed E-state index contributed by atoms with van der Waals surface area (Å²) in [5, 5.41) is 18.0. The molecule has 0 aliphatic carbocycles. The Hall–Kier alpha value is -4.66. The van der Waals surface area contributed by atoms with Crippen LogP contribution in [0.2, 0.25) is 0 Å². The zero-order valence-electron chi connectivity index (χ0n) is 23.8. The molecule has 1 aromatic carbocycles. The van der Waals surface area contributed by atoms with Gasteiger partial charge in [-0.05, 0) is 36.8 Å². The van der Waals surface area contributed by atoms with Crippen LogP contribution in [0.1, 0.15) is 45.1 Å². The normalized spacial score (nSPS) is 13.9. The number of aliphatic imine (C=N–C) groups is 1. The van der Waals surface area contributed by atoms with Gasteiger partial charge in [0.1, 0.15) is 18.1 Å². The third-order valence-electron chi connectivity index (χ3n) is 6.58. The second-order valence-electron chi connectivity index (χ2n) is 10.3. The average molecular weight is 588 g/mol. The molecule has 15 nitrogen and oxygen atoms in total. The van der Waals surface area contributed by atoms with Gasteiger partial charge in [-0.1, -0.05) is 32.0 Å². The summed E-state index contributed by atoms with van der Waals surface area (Å²) in [7, 11) is 0. The van der Waals surface area contributed by atoms with E-state index in [9.17, 15) is 29.1 Å². The summed E-state index contributed by atoms with van der Waals surface area (Å²) >= 11 is 0. The van der Waals surface area contributed by atoms with E-state index < -0.39 is 59.7 Å². The lowest BCUT2D eigenvalue weighted by atomic mass is 9.99. The Kier molecular flexibility index (Phi) is 12.7. The molecule has 1 aromatic heterocycles. The number of amides is 4. The Bertz CT molecular complexity index is 1290. The van der Waals surface area contributed by atoms with Crippen molar-refractivity contribution in [2.45, 2.75) is 70.1 Å². The summed E-state index contributed by atoms with van der Waals surface area (Å²) in [5.74, 6) is -4.60. The standard InChI is InChI=1S/C27H41N9O6/c1-14(2)22(25(40)34-19(26(41)42)9-10-21(29)37)36-24(39)20(12-15-13-33-18-8-4-3-6-16(15)18)35-23(38)17(28)7-5-11-32-27(30)31/h3-4,6,8,13-14,17,19-20,22,33H,5,7,9-12,28H2,1-2H3,(H2,29,37)(H,34,40)(H,35,38)(H,36,39)(H,41,42)(H4,30,31,32). The number of nitrogens with zero attached hydrogens (tertiary/aromatic N) is 1. The van der Waals surface area contributed by atoms with Gasteiger partial charge in [-0.25, -0.2) is 4.79 Å². The number of carboxylic acids is 1. The van der Waals surface area contributed by atoms with E-state index in [4.69, 9.17) is 22.9 Å². The molecule has 2 rings (SSSR count). The summed E-state index contributed by atoms with van der Waals surface area (Å²) in [5.41, 5.74) is 23.4. The first-order valence-electron chi connectivity index (χ1n) is 13.6. The van der Waals surface area contributed by atoms with Crippen molar-refractivity contribution in [1.82, 2.24) is 20.9 Å². The van der Waals surface area contributed by atoms with E-state index >= 15 is 0 Å². The number of aromatic amines is 1. The molecule has 0 aliphatic rings. The lowest BCUT2D eigenvalue weighted by molar-refractivity contribution is -0.143. The summed E-state index contributed by atoms with van der Waals surface area (Å²) in [6, 6.07) is 2.82. The fourth-order valence-electron chi connectivity index (χ4n) is 4.25. The monoisotopic (exact) mass is 587 g/mol. The van der Waals surface area contributed by atoms with Crippen LogP contribution in [0.4, 0.5) is 0 Å². The molecule has 4 amide bonds. The van der Waals surface area contributed by atoms with Crippen molar-refractivity contribution in [3.05, 3.63) is 36.0 Å². The largest absolute Gasteiger partial charge is 0.480 e. The van der Waals surface area contributed by atoms with E-state index in [1.54, 1.807) is 20.0 Å². The molecule has 15 heteroatoms. The molecule has 0 radical (unpaired) electrons. The van der Waals surface area contributed by atoms with Gasteiger partial charge in [-0.2, -0.15) is 0 Å². The van der Waals surface area contributed by atoms with Gasteiger partial charge in [0.05, 0.1) is 6.04 Å². The summed E-state index contributed by atoms with van der Waals surface area (Å²) in [6.45, 7) is 3.62. The molecular weight excluding hydrogens is 546 g/mol. The number of benzene rings is 1. The second kappa shape index (κ2) is 16.0. The number of rotatable bonds is 17. The van der Waals surface area contributed by atoms with Gasteiger partial charge in [0.25, 0.3) is 0 Å². The number of primary amides is 1. The number of H-pyrrole nitrogens is 1. The molecule has 0 aliphatic heterocycles. The number of guanidine groups is 1. The maximum Gasteiger partial charge on any atom is 0.326 e. The van der Waals surface area contributed by atoms with Gasteiger partial charge in [0, 0.05) is 36.5 Å². The number of hydrogen-bond donors (Lipinski definition) is 9. The number of para-hydroxylation sites is 1. The molecule has 230 valence electrons.